The van der Waals surface area contributed by atoms with E-state index in [1.54, 1.807) is 52.9 Å². The van der Waals surface area contributed by atoms with E-state index in [2.05, 4.69) is 15.3 Å². The predicted molar refractivity (Wildman–Crippen MR) is 111 cm³/mol. The van der Waals surface area contributed by atoms with Crippen LogP contribution in [0.15, 0.2) is 66.1 Å². The van der Waals surface area contributed by atoms with Crippen molar-refractivity contribution in [2.24, 2.45) is 7.05 Å². The van der Waals surface area contributed by atoms with E-state index >= 15 is 0 Å². The van der Waals surface area contributed by atoms with E-state index in [-0.39, 0.29) is 0 Å². The summed E-state index contributed by atoms with van der Waals surface area (Å²) in [4.78, 5) is 0. The number of halogens is 3. The van der Waals surface area contributed by atoms with Gasteiger partial charge in [0.25, 0.3) is 0 Å². The number of methoxy groups -OCH3 is 1. The molecule has 0 saturated carbocycles. The highest BCUT2D eigenvalue weighted by Gasteiger charge is 2.31. The second-order valence-corrected chi connectivity index (χ2v) is 7.67. The standard InChI is InChI=1S/C21H18F3N5OS/c1-28-12-14(11-25-28)13-31-20-27-26-19(15-6-8-18(30-2)9-7-15)29(20)17-5-3-4-16(10-17)21(22,23)24/h3-12H,13H2,1-2H3. The highest BCUT2D eigenvalue weighted by molar-refractivity contribution is 7.98. The van der Waals surface area contributed by atoms with Gasteiger partial charge in [-0.1, -0.05) is 17.8 Å². The number of benzene rings is 2. The quantitative estimate of drug-likeness (QED) is 0.392. The largest absolute Gasteiger partial charge is 0.497 e. The molecule has 0 bridgehead atoms. The molecule has 2 aromatic heterocycles. The van der Waals surface area contributed by atoms with Gasteiger partial charge in [0.05, 0.1) is 24.6 Å². The van der Waals surface area contributed by atoms with Crippen molar-refractivity contribution in [3.05, 3.63) is 72.1 Å². The summed E-state index contributed by atoms with van der Waals surface area (Å²) in [5.74, 6) is 1.66. The lowest BCUT2D eigenvalue weighted by Gasteiger charge is -2.13. The third-order valence-electron chi connectivity index (χ3n) is 4.54. The number of hydrogen-bond acceptors (Lipinski definition) is 5. The maximum Gasteiger partial charge on any atom is 0.416 e. The van der Waals surface area contributed by atoms with E-state index in [1.165, 1.54) is 17.8 Å². The molecule has 0 saturated heterocycles. The zero-order valence-corrected chi connectivity index (χ0v) is 17.5. The average Bonchev–Trinajstić information content (AvgIpc) is 3.37. The molecule has 0 amide bonds. The fraction of sp³-hybridized carbons (Fsp3) is 0.190. The van der Waals surface area contributed by atoms with Crippen molar-refractivity contribution in [1.82, 2.24) is 24.5 Å². The van der Waals surface area contributed by atoms with E-state index in [1.807, 2.05) is 13.2 Å². The van der Waals surface area contributed by atoms with Gasteiger partial charge in [0.15, 0.2) is 11.0 Å². The maximum atomic E-state index is 13.3. The molecule has 2 aromatic carbocycles. The van der Waals surface area contributed by atoms with Crippen LogP contribution in [-0.4, -0.2) is 31.7 Å². The summed E-state index contributed by atoms with van der Waals surface area (Å²) in [6.45, 7) is 0. The molecule has 31 heavy (non-hydrogen) atoms. The second kappa shape index (κ2) is 8.46. The lowest BCUT2D eigenvalue weighted by atomic mass is 10.1. The van der Waals surface area contributed by atoms with E-state index in [0.29, 0.717) is 33.7 Å². The van der Waals surface area contributed by atoms with Gasteiger partial charge in [-0.15, -0.1) is 10.2 Å². The molecule has 0 unspecified atom stereocenters. The Morgan fingerprint density at radius 1 is 1.06 bits per heavy atom. The number of rotatable bonds is 6. The smallest absolute Gasteiger partial charge is 0.416 e. The Kier molecular flexibility index (Phi) is 5.73. The minimum Gasteiger partial charge on any atom is -0.497 e. The van der Waals surface area contributed by atoms with E-state index < -0.39 is 11.7 Å². The Morgan fingerprint density at radius 2 is 1.84 bits per heavy atom. The molecule has 0 radical (unpaired) electrons. The molecule has 0 aliphatic rings. The van der Waals surface area contributed by atoms with Crippen LogP contribution in [0.5, 0.6) is 5.75 Å². The number of aromatic nitrogens is 5. The minimum absolute atomic E-state index is 0.333. The van der Waals surface area contributed by atoms with Crippen molar-refractivity contribution in [3.8, 4) is 22.8 Å². The molecule has 0 spiro atoms. The van der Waals surface area contributed by atoms with Crippen LogP contribution < -0.4 is 4.74 Å². The van der Waals surface area contributed by atoms with E-state index in [4.69, 9.17) is 4.74 Å². The lowest BCUT2D eigenvalue weighted by Crippen LogP contribution is -2.07. The summed E-state index contributed by atoms with van der Waals surface area (Å²) in [5, 5.41) is 13.2. The SMILES string of the molecule is COc1ccc(-c2nnc(SCc3cnn(C)c3)n2-c2cccc(C(F)(F)F)c2)cc1. The first kappa shape index (κ1) is 21.0. The normalized spacial score (nSPS) is 11.6. The molecule has 4 aromatic rings. The van der Waals surface area contributed by atoms with Gasteiger partial charge in [0.2, 0.25) is 0 Å². The molecule has 2 heterocycles. The van der Waals surface area contributed by atoms with Gasteiger partial charge in [0.1, 0.15) is 5.75 Å². The third kappa shape index (κ3) is 4.58. The zero-order chi connectivity index (χ0) is 22.0. The average molecular weight is 445 g/mol. The molecular formula is C21H18F3N5OS. The second-order valence-electron chi connectivity index (χ2n) is 6.73. The molecule has 6 nitrogen and oxygen atoms in total. The number of thioether (sulfide) groups is 1. The molecular weight excluding hydrogens is 427 g/mol. The van der Waals surface area contributed by atoms with Gasteiger partial charge in [-0.05, 0) is 42.5 Å². The highest BCUT2D eigenvalue weighted by Crippen LogP contribution is 2.34. The van der Waals surface area contributed by atoms with Crippen LogP contribution in [0.3, 0.4) is 0 Å². The summed E-state index contributed by atoms with van der Waals surface area (Å²) in [7, 11) is 3.38. The summed E-state index contributed by atoms with van der Waals surface area (Å²) in [6.07, 6.45) is -0.835. The van der Waals surface area contributed by atoms with Crippen molar-refractivity contribution in [1.29, 1.82) is 0 Å². The molecule has 4 rings (SSSR count). The molecule has 10 heteroatoms. The van der Waals surface area contributed by atoms with Gasteiger partial charge in [-0.3, -0.25) is 9.25 Å². The zero-order valence-electron chi connectivity index (χ0n) is 16.7. The topological polar surface area (TPSA) is 57.8 Å². The monoisotopic (exact) mass is 445 g/mol. The first-order valence-corrected chi connectivity index (χ1v) is 10.2. The van der Waals surface area contributed by atoms with Crippen LogP contribution in [0, 0.1) is 0 Å². The van der Waals surface area contributed by atoms with Gasteiger partial charge < -0.3 is 4.74 Å². The molecule has 0 N–H and O–H groups in total. The summed E-state index contributed by atoms with van der Waals surface area (Å²) in [6, 6.07) is 12.3. The van der Waals surface area contributed by atoms with Crippen LogP contribution in [0.4, 0.5) is 13.2 Å². The Morgan fingerprint density at radius 3 is 2.48 bits per heavy atom. The highest BCUT2D eigenvalue weighted by atomic mass is 32.2. The Balaban J connectivity index is 1.77. The first-order valence-electron chi connectivity index (χ1n) is 9.23. The fourth-order valence-electron chi connectivity index (χ4n) is 3.04. The lowest BCUT2D eigenvalue weighted by molar-refractivity contribution is -0.137. The van der Waals surface area contributed by atoms with Crippen molar-refractivity contribution >= 4 is 11.8 Å². The molecule has 0 fully saturated rings. The van der Waals surface area contributed by atoms with Crippen LogP contribution >= 0.6 is 11.8 Å². The van der Waals surface area contributed by atoms with Crippen LogP contribution in [-0.2, 0) is 19.0 Å². The van der Waals surface area contributed by atoms with Crippen molar-refractivity contribution < 1.29 is 17.9 Å². The van der Waals surface area contributed by atoms with Gasteiger partial charge in [0, 0.05) is 30.1 Å². The van der Waals surface area contributed by atoms with Crippen LogP contribution in [0.25, 0.3) is 17.1 Å². The van der Waals surface area contributed by atoms with E-state index in [9.17, 15) is 13.2 Å². The van der Waals surface area contributed by atoms with Gasteiger partial charge in [-0.2, -0.15) is 18.3 Å². The predicted octanol–water partition coefficient (Wildman–Crippen LogP) is 4.99. The summed E-state index contributed by atoms with van der Waals surface area (Å²) >= 11 is 1.37. The summed E-state index contributed by atoms with van der Waals surface area (Å²) in [5.41, 5.74) is 1.28. The summed E-state index contributed by atoms with van der Waals surface area (Å²) < 4.78 is 48.5. The molecule has 0 atom stereocenters. The number of aryl methyl sites for hydroxylation is 1. The number of alkyl halides is 3. The Labute approximate surface area is 180 Å². The van der Waals surface area contributed by atoms with Crippen LogP contribution in [0.2, 0.25) is 0 Å². The first-order chi connectivity index (χ1) is 14.8. The number of ether oxygens (including phenoxy) is 1. The van der Waals surface area contributed by atoms with Gasteiger partial charge >= 0.3 is 6.18 Å². The molecule has 160 valence electrons. The third-order valence-corrected chi connectivity index (χ3v) is 5.54. The minimum atomic E-state index is -4.45. The maximum absolute atomic E-state index is 13.3. The number of hydrogen-bond donors (Lipinski definition) is 0. The van der Waals surface area contributed by atoms with E-state index in [0.717, 1.165) is 17.7 Å². The van der Waals surface area contributed by atoms with Crippen molar-refractivity contribution in [2.45, 2.75) is 17.1 Å². The Hall–Kier alpha value is -3.27. The molecule has 0 aliphatic heterocycles. The van der Waals surface area contributed by atoms with Gasteiger partial charge in [-0.25, -0.2) is 0 Å². The Bertz CT molecular complexity index is 1180. The van der Waals surface area contributed by atoms with Crippen molar-refractivity contribution in [3.63, 3.8) is 0 Å². The van der Waals surface area contributed by atoms with Crippen molar-refractivity contribution in [2.75, 3.05) is 7.11 Å². The number of nitrogens with zero attached hydrogens (tertiary/aromatic N) is 5. The molecule has 0 aliphatic carbocycles. The fourth-order valence-corrected chi connectivity index (χ4v) is 3.90. The van der Waals surface area contributed by atoms with Crippen LogP contribution in [0.1, 0.15) is 11.1 Å².